The minimum Gasteiger partial charge on any atom is -0.381 e. The number of fused-ring (bicyclic) bond motifs is 2. The lowest BCUT2D eigenvalue weighted by atomic mass is 9.97. The molecule has 0 saturated carbocycles. The highest BCUT2D eigenvalue weighted by Gasteiger charge is 2.48. The van der Waals surface area contributed by atoms with Gasteiger partial charge in [-0.05, 0) is 57.6 Å². The lowest BCUT2D eigenvalue weighted by molar-refractivity contribution is -0.141. The van der Waals surface area contributed by atoms with Gasteiger partial charge >= 0.3 is 6.18 Å². The minimum absolute atomic E-state index is 0.110. The van der Waals surface area contributed by atoms with Crippen LogP contribution in [0.4, 0.5) is 13.2 Å². The van der Waals surface area contributed by atoms with Gasteiger partial charge in [-0.1, -0.05) is 0 Å². The number of hydrogen-bond donors (Lipinski definition) is 1. The summed E-state index contributed by atoms with van der Waals surface area (Å²) in [5, 5.41) is 3.67. The van der Waals surface area contributed by atoms with E-state index < -0.39 is 21.9 Å². The summed E-state index contributed by atoms with van der Waals surface area (Å²) in [6.45, 7) is 2.82. The fraction of sp³-hybridized carbons (Fsp3) is 0.737. The monoisotopic (exact) mass is 433 g/mol. The van der Waals surface area contributed by atoms with Crippen LogP contribution in [0.25, 0.3) is 0 Å². The number of sulfonamides is 1. The van der Waals surface area contributed by atoms with Crippen LogP contribution in [-0.4, -0.2) is 55.1 Å². The zero-order chi connectivity index (χ0) is 20.8. The number of halogens is 3. The first-order chi connectivity index (χ1) is 13.7. The van der Waals surface area contributed by atoms with Crippen molar-refractivity contribution in [3.8, 4) is 0 Å². The zero-order valence-corrected chi connectivity index (χ0v) is 17.1. The molecule has 0 aliphatic carbocycles. The Kier molecular flexibility index (Phi) is 5.65. The molecule has 6 nitrogen and oxygen atoms in total. The summed E-state index contributed by atoms with van der Waals surface area (Å²) in [7, 11) is -3.89. The van der Waals surface area contributed by atoms with Gasteiger partial charge in [-0.2, -0.15) is 17.5 Å². The van der Waals surface area contributed by atoms with E-state index in [1.165, 1.54) is 11.2 Å². The van der Waals surface area contributed by atoms with Gasteiger partial charge in [0.05, 0.1) is 5.69 Å². The molecular weight excluding hydrogens is 407 g/mol. The number of aromatic nitrogens is 1. The van der Waals surface area contributed by atoms with Crippen molar-refractivity contribution in [1.82, 2.24) is 14.6 Å². The predicted octanol–water partition coefficient (Wildman–Crippen LogP) is 2.86. The molecule has 29 heavy (non-hydrogen) atoms. The maximum Gasteiger partial charge on any atom is 0.433 e. The first kappa shape index (κ1) is 21.0. The molecule has 162 valence electrons. The van der Waals surface area contributed by atoms with E-state index in [2.05, 4.69) is 10.3 Å². The van der Waals surface area contributed by atoms with Crippen LogP contribution in [0.15, 0.2) is 17.0 Å². The number of aryl methyl sites for hydroxylation is 1. The molecule has 0 spiro atoms. The van der Waals surface area contributed by atoms with Crippen molar-refractivity contribution in [2.75, 3.05) is 13.2 Å². The van der Waals surface area contributed by atoms with E-state index in [1.807, 2.05) is 0 Å². The zero-order valence-electron chi connectivity index (χ0n) is 16.3. The smallest absolute Gasteiger partial charge is 0.381 e. The Labute approximate surface area is 168 Å². The largest absolute Gasteiger partial charge is 0.433 e. The Balaban J connectivity index is 1.51. The number of hydrogen-bond acceptors (Lipinski definition) is 5. The number of alkyl halides is 3. The topological polar surface area (TPSA) is 71.5 Å². The van der Waals surface area contributed by atoms with Crippen LogP contribution in [0.2, 0.25) is 0 Å². The van der Waals surface area contributed by atoms with E-state index >= 15 is 0 Å². The number of rotatable bonds is 4. The molecule has 3 saturated heterocycles. The van der Waals surface area contributed by atoms with E-state index in [9.17, 15) is 21.6 Å². The van der Waals surface area contributed by atoms with Gasteiger partial charge in [0, 0.05) is 37.4 Å². The summed E-state index contributed by atoms with van der Waals surface area (Å²) < 4.78 is 72.2. The normalized spacial score (nSPS) is 29.3. The van der Waals surface area contributed by atoms with Crippen molar-refractivity contribution in [3.05, 3.63) is 23.5 Å². The highest BCUT2D eigenvalue weighted by Crippen LogP contribution is 2.41. The van der Waals surface area contributed by atoms with Crippen LogP contribution >= 0.6 is 0 Å². The lowest BCUT2D eigenvalue weighted by Crippen LogP contribution is -2.53. The van der Waals surface area contributed by atoms with Crippen LogP contribution in [0.5, 0.6) is 0 Å². The fourth-order valence-corrected chi connectivity index (χ4v) is 7.01. The molecule has 3 fully saturated rings. The molecule has 2 bridgehead atoms. The fourth-order valence-electron chi connectivity index (χ4n) is 4.95. The van der Waals surface area contributed by atoms with E-state index in [0.29, 0.717) is 6.04 Å². The van der Waals surface area contributed by atoms with Crippen molar-refractivity contribution < 1.29 is 26.3 Å². The maximum absolute atomic E-state index is 13.3. The molecule has 0 radical (unpaired) electrons. The molecule has 2 unspecified atom stereocenters. The first-order valence-corrected chi connectivity index (χ1v) is 11.5. The third-order valence-electron chi connectivity index (χ3n) is 6.24. The van der Waals surface area contributed by atoms with Gasteiger partial charge in [0.1, 0.15) is 10.6 Å². The van der Waals surface area contributed by atoms with Crippen molar-refractivity contribution in [1.29, 1.82) is 0 Å². The summed E-state index contributed by atoms with van der Waals surface area (Å²) in [5.41, 5.74) is -1.18. The van der Waals surface area contributed by atoms with Crippen molar-refractivity contribution in [2.24, 2.45) is 0 Å². The Morgan fingerprint density at radius 3 is 2.24 bits per heavy atom. The summed E-state index contributed by atoms with van der Waals surface area (Å²) in [6, 6.07) is 2.20. The Morgan fingerprint density at radius 2 is 1.69 bits per heavy atom. The molecule has 1 N–H and O–H groups in total. The molecule has 0 amide bonds. The van der Waals surface area contributed by atoms with E-state index in [1.54, 1.807) is 0 Å². The lowest BCUT2D eigenvalue weighted by Gasteiger charge is -2.40. The van der Waals surface area contributed by atoms with E-state index in [-0.39, 0.29) is 28.7 Å². The molecule has 1 aromatic heterocycles. The highest BCUT2D eigenvalue weighted by molar-refractivity contribution is 7.89. The first-order valence-electron chi connectivity index (χ1n) is 10.1. The number of nitrogens with one attached hydrogen (secondary N) is 1. The van der Waals surface area contributed by atoms with Gasteiger partial charge in [0.25, 0.3) is 0 Å². The molecule has 3 aliphatic heterocycles. The number of ether oxygens (including phenoxy) is 1. The summed E-state index contributed by atoms with van der Waals surface area (Å²) in [4.78, 5) is 3.39. The summed E-state index contributed by atoms with van der Waals surface area (Å²) >= 11 is 0. The molecular formula is C19H26F3N3O3S. The predicted molar refractivity (Wildman–Crippen MR) is 99.8 cm³/mol. The second kappa shape index (κ2) is 7.79. The Bertz CT molecular complexity index is 842. The molecule has 3 atom stereocenters. The molecule has 1 aromatic rings. The highest BCUT2D eigenvalue weighted by atomic mass is 32.2. The van der Waals surface area contributed by atoms with Crippen LogP contribution in [-0.2, 0) is 20.9 Å². The molecule has 4 heterocycles. The van der Waals surface area contributed by atoms with Gasteiger partial charge in [-0.3, -0.25) is 0 Å². The third kappa shape index (κ3) is 4.17. The number of pyridine rings is 1. The van der Waals surface area contributed by atoms with E-state index in [0.717, 1.165) is 63.9 Å². The third-order valence-corrected chi connectivity index (χ3v) is 8.38. The average Bonchev–Trinajstić information content (AvgIpc) is 2.94. The van der Waals surface area contributed by atoms with Crippen LogP contribution < -0.4 is 5.32 Å². The SMILES string of the molecule is Cc1nc(C(F)(F)F)ccc1S(=O)(=O)N1C2CC[C@H]1CC(NC1CCOCC1)C2. The van der Waals surface area contributed by atoms with Crippen LogP contribution in [0.1, 0.15) is 49.9 Å². The average molecular weight is 433 g/mol. The van der Waals surface area contributed by atoms with Gasteiger partial charge in [0.15, 0.2) is 0 Å². The van der Waals surface area contributed by atoms with Gasteiger partial charge in [-0.15, -0.1) is 0 Å². The summed E-state index contributed by atoms with van der Waals surface area (Å²) in [6.07, 6.45) is 0.334. The molecule has 0 aromatic carbocycles. The summed E-state index contributed by atoms with van der Waals surface area (Å²) in [5.74, 6) is 0. The number of nitrogens with zero attached hydrogens (tertiary/aromatic N) is 2. The number of piperidine rings is 1. The standard InChI is InChI=1S/C19H26F3N3O3S/c1-12-17(4-5-18(23-12)19(20,21)22)29(26,27)25-15-2-3-16(25)11-14(10-15)24-13-6-8-28-9-7-13/h4-5,13-16,24H,2-3,6-11H2,1H3/t14?,15-,16?/m0/s1. The molecule has 4 rings (SSSR count). The van der Waals surface area contributed by atoms with E-state index in [4.69, 9.17) is 4.74 Å². The van der Waals surface area contributed by atoms with Gasteiger partial charge in [0.2, 0.25) is 10.0 Å². The van der Waals surface area contributed by atoms with Gasteiger partial charge in [-0.25, -0.2) is 13.4 Å². The quantitative estimate of drug-likeness (QED) is 0.791. The van der Waals surface area contributed by atoms with Crippen molar-refractivity contribution in [2.45, 2.75) is 80.7 Å². The van der Waals surface area contributed by atoms with Gasteiger partial charge < -0.3 is 10.1 Å². The Hall–Kier alpha value is -1.23. The van der Waals surface area contributed by atoms with Crippen LogP contribution in [0.3, 0.4) is 0 Å². The second-order valence-electron chi connectivity index (χ2n) is 8.22. The van der Waals surface area contributed by atoms with Crippen molar-refractivity contribution in [3.63, 3.8) is 0 Å². The minimum atomic E-state index is -4.60. The second-order valence-corrected chi connectivity index (χ2v) is 10.0. The maximum atomic E-state index is 13.3. The van der Waals surface area contributed by atoms with Crippen molar-refractivity contribution >= 4 is 10.0 Å². The Morgan fingerprint density at radius 1 is 1.07 bits per heavy atom. The van der Waals surface area contributed by atoms with Crippen LogP contribution in [0, 0.1) is 6.92 Å². The molecule has 10 heteroatoms. The molecule has 3 aliphatic rings.